The third-order valence-corrected chi connectivity index (χ3v) is 3.67. The van der Waals surface area contributed by atoms with Crippen molar-refractivity contribution >= 4 is 11.6 Å². The van der Waals surface area contributed by atoms with Gasteiger partial charge >= 0.3 is 0 Å². The van der Waals surface area contributed by atoms with Crippen molar-refractivity contribution in [3.63, 3.8) is 0 Å². The Morgan fingerprint density at radius 2 is 2.00 bits per heavy atom. The molecule has 1 aliphatic rings. The smallest absolute Gasteiger partial charge is 0.0409 e. The molecular weight excluding hydrogens is 218 g/mol. The Balaban J connectivity index is 1.94. The van der Waals surface area contributed by atoms with E-state index < -0.39 is 0 Å². The van der Waals surface area contributed by atoms with E-state index in [2.05, 4.69) is 24.4 Å². The Labute approximate surface area is 103 Å². The Bertz CT molecular complexity index is 331. The maximum Gasteiger partial charge on any atom is 0.0409 e. The fraction of sp³-hybridized carbons (Fsp3) is 0.571. The zero-order valence-corrected chi connectivity index (χ0v) is 10.6. The Hall–Kier alpha value is -0.530. The second-order valence-electron chi connectivity index (χ2n) is 4.78. The van der Waals surface area contributed by atoms with Crippen LogP contribution in [0.5, 0.6) is 0 Å². The summed E-state index contributed by atoms with van der Waals surface area (Å²) in [6.45, 7) is 2.22. The molecule has 0 spiro atoms. The second-order valence-corrected chi connectivity index (χ2v) is 5.21. The second kappa shape index (κ2) is 5.70. The molecule has 1 aromatic carbocycles. The van der Waals surface area contributed by atoms with Gasteiger partial charge in [-0.1, -0.05) is 43.0 Å². The molecule has 16 heavy (non-hydrogen) atoms. The highest BCUT2D eigenvalue weighted by molar-refractivity contribution is 6.30. The van der Waals surface area contributed by atoms with E-state index in [9.17, 15) is 0 Å². The number of hydrogen-bond acceptors (Lipinski definition) is 1. The topological polar surface area (TPSA) is 12.0 Å². The van der Waals surface area contributed by atoms with E-state index >= 15 is 0 Å². The zero-order chi connectivity index (χ0) is 11.4. The van der Waals surface area contributed by atoms with Crippen LogP contribution >= 0.6 is 11.6 Å². The van der Waals surface area contributed by atoms with E-state index in [-0.39, 0.29) is 0 Å². The minimum atomic E-state index is 0.404. The van der Waals surface area contributed by atoms with Crippen molar-refractivity contribution in [2.24, 2.45) is 0 Å². The molecule has 1 saturated carbocycles. The Kier molecular flexibility index (Phi) is 4.25. The molecule has 0 aromatic heterocycles. The average molecular weight is 238 g/mol. The summed E-state index contributed by atoms with van der Waals surface area (Å²) < 4.78 is 0. The lowest BCUT2D eigenvalue weighted by atomic mass is 9.94. The molecule has 88 valence electrons. The standard InChI is InChI=1S/C14H20ClN/c1-11(12-6-5-7-13(15)10-12)16-14-8-3-2-4-9-14/h5-7,10-11,14,16H,2-4,8-9H2,1H3/t11-/m0/s1. The number of halogens is 1. The summed E-state index contributed by atoms with van der Waals surface area (Å²) in [7, 11) is 0. The van der Waals surface area contributed by atoms with Crippen LogP contribution in [-0.4, -0.2) is 6.04 Å². The van der Waals surface area contributed by atoms with Crippen LogP contribution in [0, 0.1) is 0 Å². The van der Waals surface area contributed by atoms with Crippen LogP contribution in [0.25, 0.3) is 0 Å². The first kappa shape index (κ1) is 11.9. The highest BCUT2D eigenvalue weighted by atomic mass is 35.5. The van der Waals surface area contributed by atoms with Crippen molar-refractivity contribution in [2.75, 3.05) is 0 Å². The summed E-state index contributed by atoms with van der Waals surface area (Å²) in [5, 5.41) is 4.53. The molecule has 0 saturated heterocycles. The van der Waals surface area contributed by atoms with E-state index in [0.29, 0.717) is 12.1 Å². The van der Waals surface area contributed by atoms with Crippen molar-refractivity contribution < 1.29 is 0 Å². The van der Waals surface area contributed by atoms with E-state index in [1.165, 1.54) is 37.7 Å². The van der Waals surface area contributed by atoms with Crippen molar-refractivity contribution in [3.05, 3.63) is 34.9 Å². The molecule has 1 nitrogen and oxygen atoms in total. The molecule has 1 aromatic rings. The number of hydrogen-bond donors (Lipinski definition) is 1. The van der Waals surface area contributed by atoms with Gasteiger partial charge < -0.3 is 5.32 Å². The minimum absolute atomic E-state index is 0.404. The van der Waals surface area contributed by atoms with Crippen molar-refractivity contribution in [1.82, 2.24) is 5.32 Å². The SMILES string of the molecule is C[C@H](NC1CCCCC1)c1cccc(Cl)c1. The van der Waals surface area contributed by atoms with Gasteiger partial charge in [0.25, 0.3) is 0 Å². The van der Waals surface area contributed by atoms with Gasteiger partial charge in [-0.2, -0.15) is 0 Å². The number of nitrogens with one attached hydrogen (secondary N) is 1. The predicted octanol–water partition coefficient (Wildman–Crippen LogP) is 4.32. The van der Waals surface area contributed by atoms with Crippen LogP contribution in [0.4, 0.5) is 0 Å². The van der Waals surface area contributed by atoms with Gasteiger partial charge in [0.05, 0.1) is 0 Å². The molecule has 0 unspecified atom stereocenters. The molecule has 0 heterocycles. The van der Waals surface area contributed by atoms with Gasteiger partial charge in [-0.15, -0.1) is 0 Å². The molecule has 1 atom stereocenters. The van der Waals surface area contributed by atoms with Gasteiger partial charge in [-0.05, 0) is 37.5 Å². The largest absolute Gasteiger partial charge is 0.307 e. The van der Waals surface area contributed by atoms with Gasteiger partial charge in [0.2, 0.25) is 0 Å². The van der Waals surface area contributed by atoms with Crippen LogP contribution in [-0.2, 0) is 0 Å². The van der Waals surface area contributed by atoms with Crippen molar-refractivity contribution in [3.8, 4) is 0 Å². The first-order valence-corrected chi connectivity index (χ1v) is 6.65. The summed E-state index contributed by atoms with van der Waals surface area (Å²) >= 11 is 6.00. The molecule has 0 radical (unpaired) electrons. The molecule has 0 amide bonds. The fourth-order valence-electron chi connectivity index (χ4n) is 2.49. The summed E-state index contributed by atoms with van der Waals surface area (Å²) in [5.41, 5.74) is 1.29. The maximum atomic E-state index is 6.00. The van der Waals surface area contributed by atoms with Crippen LogP contribution in [0.2, 0.25) is 5.02 Å². The molecule has 1 N–H and O–H groups in total. The lowest BCUT2D eigenvalue weighted by molar-refractivity contribution is 0.347. The molecule has 0 bridgehead atoms. The lowest BCUT2D eigenvalue weighted by Crippen LogP contribution is -2.33. The van der Waals surface area contributed by atoms with Crippen molar-refractivity contribution in [2.45, 2.75) is 51.1 Å². The van der Waals surface area contributed by atoms with E-state index in [1.807, 2.05) is 12.1 Å². The molecule has 1 aliphatic carbocycles. The number of rotatable bonds is 3. The normalized spacial score (nSPS) is 19.6. The van der Waals surface area contributed by atoms with Gasteiger partial charge in [0.15, 0.2) is 0 Å². The van der Waals surface area contributed by atoms with Gasteiger partial charge in [0.1, 0.15) is 0 Å². The van der Waals surface area contributed by atoms with Crippen LogP contribution < -0.4 is 5.32 Å². The van der Waals surface area contributed by atoms with Gasteiger partial charge in [-0.25, -0.2) is 0 Å². The lowest BCUT2D eigenvalue weighted by Gasteiger charge is -2.26. The Morgan fingerprint density at radius 3 is 2.69 bits per heavy atom. The minimum Gasteiger partial charge on any atom is -0.307 e. The predicted molar refractivity (Wildman–Crippen MR) is 69.9 cm³/mol. The number of benzene rings is 1. The summed E-state index contributed by atoms with van der Waals surface area (Å²) in [6.07, 6.45) is 6.80. The van der Waals surface area contributed by atoms with E-state index in [1.54, 1.807) is 0 Å². The molecule has 1 fully saturated rings. The summed E-state index contributed by atoms with van der Waals surface area (Å²) in [5.74, 6) is 0. The quantitative estimate of drug-likeness (QED) is 0.826. The van der Waals surface area contributed by atoms with Crippen LogP contribution in [0.3, 0.4) is 0 Å². The third kappa shape index (κ3) is 3.23. The summed E-state index contributed by atoms with van der Waals surface area (Å²) in [4.78, 5) is 0. The van der Waals surface area contributed by atoms with Crippen LogP contribution in [0.15, 0.2) is 24.3 Å². The van der Waals surface area contributed by atoms with Crippen LogP contribution in [0.1, 0.15) is 50.6 Å². The first-order chi connectivity index (χ1) is 7.75. The molecular formula is C14H20ClN. The Morgan fingerprint density at radius 1 is 1.25 bits per heavy atom. The van der Waals surface area contributed by atoms with E-state index in [0.717, 1.165) is 5.02 Å². The highest BCUT2D eigenvalue weighted by Gasteiger charge is 2.16. The average Bonchev–Trinajstić information content (AvgIpc) is 2.30. The maximum absolute atomic E-state index is 6.00. The molecule has 0 aliphatic heterocycles. The fourth-order valence-corrected chi connectivity index (χ4v) is 2.69. The molecule has 2 heteroatoms. The first-order valence-electron chi connectivity index (χ1n) is 6.27. The third-order valence-electron chi connectivity index (χ3n) is 3.44. The highest BCUT2D eigenvalue weighted by Crippen LogP contribution is 2.22. The molecule has 2 rings (SSSR count). The van der Waals surface area contributed by atoms with Gasteiger partial charge in [0, 0.05) is 17.1 Å². The van der Waals surface area contributed by atoms with E-state index in [4.69, 9.17) is 11.6 Å². The summed E-state index contributed by atoms with van der Waals surface area (Å²) in [6, 6.07) is 9.26. The van der Waals surface area contributed by atoms with Gasteiger partial charge in [-0.3, -0.25) is 0 Å². The van der Waals surface area contributed by atoms with Crippen molar-refractivity contribution in [1.29, 1.82) is 0 Å². The zero-order valence-electron chi connectivity index (χ0n) is 9.88. The monoisotopic (exact) mass is 237 g/mol.